The molecule has 7 heteroatoms. The van der Waals surface area contributed by atoms with Crippen molar-refractivity contribution in [1.29, 1.82) is 0 Å². The van der Waals surface area contributed by atoms with Crippen LogP contribution in [0.4, 0.5) is 5.00 Å². The Bertz CT molecular complexity index is 462. The zero-order valence-electron chi connectivity index (χ0n) is 9.29. The van der Waals surface area contributed by atoms with Crippen LogP contribution in [0.5, 0.6) is 0 Å². The van der Waals surface area contributed by atoms with Crippen LogP contribution in [0, 0.1) is 0 Å². The molecule has 0 aliphatic carbocycles. The molecule has 0 aliphatic heterocycles. The highest BCUT2D eigenvalue weighted by Crippen LogP contribution is 2.14. The molecule has 0 aliphatic rings. The second kappa shape index (κ2) is 4.58. The maximum atomic E-state index is 5.74. The van der Waals surface area contributed by atoms with Gasteiger partial charge < -0.3 is 5.73 Å². The molecule has 0 atom stereocenters. The number of nitrogens with zero attached hydrogens (tertiary/aromatic N) is 5. The third kappa shape index (κ3) is 2.56. The van der Waals surface area contributed by atoms with Crippen LogP contribution < -0.4 is 5.73 Å². The van der Waals surface area contributed by atoms with Crippen molar-refractivity contribution < 1.29 is 0 Å². The lowest BCUT2D eigenvalue weighted by molar-refractivity contribution is 0.315. The molecule has 0 unspecified atom stereocenters. The maximum absolute atomic E-state index is 5.74. The zero-order valence-corrected chi connectivity index (χ0v) is 10.1. The van der Waals surface area contributed by atoms with Crippen LogP contribution in [0.3, 0.4) is 0 Å². The third-order valence-electron chi connectivity index (χ3n) is 2.22. The fourth-order valence-electron chi connectivity index (χ4n) is 1.50. The molecule has 2 N–H and O–H groups in total. The molecule has 2 aromatic heterocycles. The van der Waals surface area contributed by atoms with Crippen molar-refractivity contribution >= 4 is 16.5 Å². The van der Waals surface area contributed by atoms with E-state index in [1.54, 1.807) is 4.68 Å². The Morgan fingerprint density at radius 2 is 2.31 bits per heavy atom. The van der Waals surface area contributed by atoms with Crippen molar-refractivity contribution in [1.82, 2.24) is 24.3 Å². The molecule has 0 radical (unpaired) electrons. The van der Waals surface area contributed by atoms with Gasteiger partial charge in [0.1, 0.15) is 10.7 Å². The van der Waals surface area contributed by atoms with Gasteiger partial charge in [-0.3, -0.25) is 9.58 Å². The average molecular weight is 238 g/mol. The molecule has 2 aromatic rings. The number of aryl methyl sites for hydroxylation is 1. The molecule has 0 bridgehead atoms. The van der Waals surface area contributed by atoms with Gasteiger partial charge in [-0.25, -0.2) is 0 Å². The van der Waals surface area contributed by atoms with Gasteiger partial charge in [0, 0.05) is 43.4 Å². The van der Waals surface area contributed by atoms with E-state index < -0.39 is 0 Å². The molecule has 0 saturated heterocycles. The number of anilines is 1. The maximum Gasteiger partial charge on any atom is 0.132 e. The molecule has 0 aromatic carbocycles. The SMILES string of the molecule is CN(Cc1cnn(C)c1)Cc1nnsc1N. The molecule has 2 heterocycles. The first-order valence-electron chi connectivity index (χ1n) is 4.88. The van der Waals surface area contributed by atoms with Gasteiger partial charge in [0.15, 0.2) is 0 Å². The monoisotopic (exact) mass is 238 g/mol. The molecule has 86 valence electrons. The normalized spacial score (nSPS) is 11.2. The summed E-state index contributed by atoms with van der Waals surface area (Å²) in [5.74, 6) is 0. The van der Waals surface area contributed by atoms with Gasteiger partial charge in [-0.2, -0.15) is 5.10 Å². The van der Waals surface area contributed by atoms with E-state index in [1.807, 2.05) is 26.5 Å². The zero-order chi connectivity index (χ0) is 11.5. The molecule has 16 heavy (non-hydrogen) atoms. The van der Waals surface area contributed by atoms with Crippen LogP contribution in [0.1, 0.15) is 11.3 Å². The average Bonchev–Trinajstić information content (AvgIpc) is 2.77. The highest BCUT2D eigenvalue weighted by atomic mass is 32.1. The molecular weight excluding hydrogens is 224 g/mol. The summed E-state index contributed by atoms with van der Waals surface area (Å²) in [6.07, 6.45) is 3.86. The number of rotatable bonds is 4. The van der Waals surface area contributed by atoms with Crippen LogP contribution in [-0.2, 0) is 20.1 Å². The first-order valence-corrected chi connectivity index (χ1v) is 5.65. The minimum Gasteiger partial charge on any atom is -0.388 e. The lowest BCUT2D eigenvalue weighted by atomic mass is 10.3. The van der Waals surface area contributed by atoms with Crippen molar-refractivity contribution in [2.24, 2.45) is 7.05 Å². The summed E-state index contributed by atoms with van der Waals surface area (Å²) in [4.78, 5) is 2.13. The van der Waals surface area contributed by atoms with E-state index in [4.69, 9.17) is 5.73 Å². The predicted molar refractivity (Wildman–Crippen MR) is 62.7 cm³/mol. The fraction of sp³-hybridized carbons (Fsp3) is 0.444. The largest absolute Gasteiger partial charge is 0.388 e. The molecule has 0 fully saturated rings. The summed E-state index contributed by atoms with van der Waals surface area (Å²) in [6, 6.07) is 0. The Morgan fingerprint density at radius 1 is 1.50 bits per heavy atom. The van der Waals surface area contributed by atoms with Crippen LogP contribution in [-0.4, -0.2) is 31.3 Å². The Kier molecular flexibility index (Phi) is 3.16. The smallest absolute Gasteiger partial charge is 0.132 e. The summed E-state index contributed by atoms with van der Waals surface area (Å²) in [5, 5.41) is 8.80. The Hall–Kier alpha value is -1.47. The summed E-state index contributed by atoms with van der Waals surface area (Å²) in [6.45, 7) is 1.53. The van der Waals surface area contributed by atoms with Gasteiger partial charge >= 0.3 is 0 Å². The van der Waals surface area contributed by atoms with Crippen molar-refractivity contribution in [3.63, 3.8) is 0 Å². The number of hydrogen-bond acceptors (Lipinski definition) is 6. The van der Waals surface area contributed by atoms with Crippen molar-refractivity contribution in [2.45, 2.75) is 13.1 Å². The van der Waals surface area contributed by atoms with Crippen molar-refractivity contribution in [2.75, 3.05) is 12.8 Å². The van der Waals surface area contributed by atoms with Gasteiger partial charge in [-0.1, -0.05) is 4.49 Å². The molecular formula is C9H14N6S. The van der Waals surface area contributed by atoms with Gasteiger partial charge in [0.2, 0.25) is 0 Å². The van der Waals surface area contributed by atoms with Crippen molar-refractivity contribution in [3.05, 3.63) is 23.7 Å². The first kappa shape index (κ1) is 11.0. The Balaban J connectivity index is 1.94. The standard InChI is InChI=1S/C9H14N6S/c1-14(4-7-3-11-15(2)5-7)6-8-9(10)16-13-12-8/h3,5H,4,6,10H2,1-2H3. The summed E-state index contributed by atoms with van der Waals surface area (Å²) in [7, 11) is 3.93. The lowest BCUT2D eigenvalue weighted by Gasteiger charge is -2.13. The van der Waals surface area contributed by atoms with Crippen molar-refractivity contribution in [3.8, 4) is 0 Å². The number of hydrogen-bond donors (Lipinski definition) is 1. The quantitative estimate of drug-likeness (QED) is 0.839. The predicted octanol–water partition coefficient (Wildman–Crippen LogP) is 0.486. The minimum absolute atomic E-state index is 0.693. The summed E-state index contributed by atoms with van der Waals surface area (Å²) >= 11 is 1.23. The van der Waals surface area contributed by atoms with E-state index in [0.29, 0.717) is 11.5 Å². The Labute approximate surface area is 97.8 Å². The van der Waals surface area contributed by atoms with Gasteiger partial charge in [-0.15, -0.1) is 5.10 Å². The van der Waals surface area contributed by atoms with Gasteiger partial charge in [0.25, 0.3) is 0 Å². The second-order valence-corrected chi connectivity index (χ2v) is 4.56. The highest BCUT2D eigenvalue weighted by Gasteiger charge is 2.08. The molecule has 0 saturated carbocycles. The molecule has 0 amide bonds. The van der Waals surface area contributed by atoms with E-state index >= 15 is 0 Å². The van der Waals surface area contributed by atoms with E-state index in [1.165, 1.54) is 17.1 Å². The fourth-order valence-corrected chi connectivity index (χ4v) is 1.94. The number of nitrogens with two attached hydrogens (primary N) is 1. The van der Waals surface area contributed by atoms with Crippen LogP contribution in [0.25, 0.3) is 0 Å². The summed E-state index contributed by atoms with van der Waals surface area (Å²) in [5.41, 5.74) is 7.75. The van der Waals surface area contributed by atoms with Crippen LogP contribution in [0.15, 0.2) is 12.4 Å². The Morgan fingerprint density at radius 3 is 2.88 bits per heavy atom. The third-order valence-corrected chi connectivity index (χ3v) is 2.81. The van der Waals surface area contributed by atoms with Gasteiger partial charge in [0.05, 0.1) is 6.20 Å². The molecule has 0 spiro atoms. The molecule has 6 nitrogen and oxygen atoms in total. The van der Waals surface area contributed by atoms with E-state index in [0.717, 1.165) is 12.2 Å². The highest BCUT2D eigenvalue weighted by molar-refractivity contribution is 7.09. The van der Waals surface area contributed by atoms with E-state index in [2.05, 4.69) is 19.6 Å². The van der Waals surface area contributed by atoms with Crippen LogP contribution in [0.2, 0.25) is 0 Å². The van der Waals surface area contributed by atoms with E-state index in [-0.39, 0.29) is 0 Å². The van der Waals surface area contributed by atoms with Crippen LogP contribution >= 0.6 is 11.5 Å². The first-order chi connectivity index (χ1) is 7.65. The minimum atomic E-state index is 0.693. The second-order valence-electron chi connectivity index (χ2n) is 3.78. The molecule has 2 rings (SSSR count). The number of aromatic nitrogens is 4. The topological polar surface area (TPSA) is 72.9 Å². The van der Waals surface area contributed by atoms with Gasteiger partial charge in [-0.05, 0) is 7.05 Å². The van der Waals surface area contributed by atoms with E-state index in [9.17, 15) is 0 Å². The number of nitrogen functional groups attached to an aromatic ring is 1. The summed E-state index contributed by atoms with van der Waals surface area (Å²) < 4.78 is 5.60. The lowest BCUT2D eigenvalue weighted by Crippen LogP contribution is -2.17.